The van der Waals surface area contributed by atoms with Crippen LogP contribution in [0.1, 0.15) is 24.0 Å². The average molecular weight is 305 g/mol. The molecule has 0 aromatic heterocycles. The molecule has 0 aliphatic rings. The lowest BCUT2D eigenvalue weighted by molar-refractivity contribution is 0.471. The Morgan fingerprint density at radius 3 is 2.43 bits per heavy atom. The summed E-state index contributed by atoms with van der Waals surface area (Å²) in [6.07, 6.45) is 0. The molecule has 2 aromatic carbocycles. The molecule has 1 atom stereocenters. The van der Waals surface area contributed by atoms with Crippen LogP contribution in [-0.4, -0.2) is 19.3 Å². The van der Waals surface area contributed by atoms with Gasteiger partial charge in [-0.05, 0) is 30.5 Å². The van der Waals surface area contributed by atoms with E-state index in [2.05, 4.69) is 4.72 Å². The van der Waals surface area contributed by atoms with Crippen molar-refractivity contribution in [1.29, 1.82) is 0 Å². The maximum Gasteiger partial charge on any atom is 0.233 e. The van der Waals surface area contributed by atoms with Crippen LogP contribution in [0.25, 0.3) is 0 Å². The minimum absolute atomic E-state index is 0.00783. The number of hydrogen-bond donors (Lipinski definition) is 2. The largest absolute Gasteiger partial charge is 0.508 e. The van der Waals surface area contributed by atoms with Crippen molar-refractivity contribution in [3.63, 3.8) is 0 Å². The fourth-order valence-corrected chi connectivity index (χ4v) is 3.64. The molecule has 0 saturated carbocycles. The maximum absolute atomic E-state index is 12.3. The van der Waals surface area contributed by atoms with E-state index in [0.29, 0.717) is 11.3 Å². The fraction of sp³-hybridized carbons (Fsp3) is 0.250. The molecule has 112 valence electrons. The van der Waals surface area contributed by atoms with E-state index in [1.54, 1.807) is 19.1 Å². The summed E-state index contributed by atoms with van der Waals surface area (Å²) in [6.45, 7) is 3.55. The van der Waals surface area contributed by atoms with Gasteiger partial charge >= 0.3 is 0 Å². The Bertz CT molecular complexity index is 712. The van der Waals surface area contributed by atoms with Crippen LogP contribution in [0.3, 0.4) is 0 Å². The second-order valence-corrected chi connectivity index (χ2v) is 6.91. The van der Waals surface area contributed by atoms with Crippen molar-refractivity contribution in [3.8, 4) is 5.75 Å². The van der Waals surface area contributed by atoms with E-state index in [0.717, 1.165) is 5.56 Å². The van der Waals surface area contributed by atoms with Gasteiger partial charge in [-0.3, -0.25) is 4.72 Å². The smallest absolute Gasteiger partial charge is 0.233 e. The zero-order valence-corrected chi connectivity index (χ0v) is 12.9. The fourth-order valence-electron chi connectivity index (χ4n) is 2.15. The lowest BCUT2D eigenvalue weighted by Crippen LogP contribution is -2.21. The third-order valence-electron chi connectivity index (χ3n) is 3.41. The second kappa shape index (κ2) is 6.18. The van der Waals surface area contributed by atoms with Gasteiger partial charge in [-0.15, -0.1) is 0 Å². The predicted octanol–water partition coefficient (Wildman–Crippen LogP) is 3.25. The molecule has 0 fully saturated rings. The van der Waals surface area contributed by atoms with Gasteiger partial charge < -0.3 is 5.11 Å². The molecule has 21 heavy (non-hydrogen) atoms. The zero-order valence-electron chi connectivity index (χ0n) is 12.1. The molecule has 5 heteroatoms. The van der Waals surface area contributed by atoms with Crippen molar-refractivity contribution in [2.45, 2.75) is 19.8 Å². The molecule has 2 N–H and O–H groups in total. The number of benzene rings is 2. The molecule has 0 aliphatic carbocycles. The highest BCUT2D eigenvalue weighted by molar-refractivity contribution is 7.92. The topological polar surface area (TPSA) is 66.4 Å². The Kier molecular flexibility index (Phi) is 4.53. The quantitative estimate of drug-likeness (QED) is 0.891. The van der Waals surface area contributed by atoms with Crippen molar-refractivity contribution < 1.29 is 13.5 Å². The van der Waals surface area contributed by atoms with E-state index in [9.17, 15) is 13.5 Å². The molecule has 0 bridgehead atoms. The molecule has 2 aromatic rings. The molecule has 2 rings (SSSR count). The van der Waals surface area contributed by atoms with Crippen LogP contribution in [-0.2, 0) is 10.0 Å². The monoisotopic (exact) mass is 305 g/mol. The Balaban J connectivity index is 2.14. The summed E-state index contributed by atoms with van der Waals surface area (Å²) in [5.41, 5.74) is 1.92. The summed E-state index contributed by atoms with van der Waals surface area (Å²) in [5, 5.41) is 9.62. The first-order chi connectivity index (χ1) is 9.89. The normalized spacial score (nSPS) is 12.9. The van der Waals surface area contributed by atoms with Crippen molar-refractivity contribution in [1.82, 2.24) is 0 Å². The van der Waals surface area contributed by atoms with Gasteiger partial charge in [0, 0.05) is 5.56 Å². The van der Waals surface area contributed by atoms with Gasteiger partial charge in [-0.25, -0.2) is 8.42 Å². The zero-order chi connectivity index (χ0) is 15.5. The van der Waals surface area contributed by atoms with E-state index in [4.69, 9.17) is 0 Å². The van der Waals surface area contributed by atoms with Crippen LogP contribution in [0.5, 0.6) is 5.75 Å². The standard InChI is InChI=1S/C16H19NO3S/c1-12(14-7-4-3-5-8-14)11-21(19,20)17-15-9-6-10-16(18)13(15)2/h3-10,12,17-18H,11H2,1-2H3. The number of anilines is 1. The number of hydrogen-bond acceptors (Lipinski definition) is 3. The van der Waals surface area contributed by atoms with Crippen LogP contribution in [0.15, 0.2) is 48.5 Å². The first-order valence-electron chi connectivity index (χ1n) is 6.73. The number of sulfonamides is 1. The summed E-state index contributed by atoms with van der Waals surface area (Å²) in [4.78, 5) is 0. The molecule has 0 amide bonds. The summed E-state index contributed by atoms with van der Waals surface area (Å²) in [7, 11) is -3.48. The molecule has 4 nitrogen and oxygen atoms in total. The van der Waals surface area contributed by atoms with Gasteiger partial charge in [0.05, 0.1) is 11.4 Å². The number of nitrogens with one attached hydrogen (secondary N) is 1. The maximum atomic E-state index is 12.3. The molecule has 0 saturated heterocycles. The first-order valence-corrected chi connectivity index (χ1v) is 8.38. The van der Waals surface area contributed by atoms with Gasteiger partial charge in [-0.2, -0.15) is 0 Å². The van der Waals surface area contributed by atoms with Crippen LogP contribution < -0.4 is 4.72 Å². The van der Waals surface area contributed by atoms with Crippen molar-refractivity contribution in [2.75, 3.05) is 10.5 Å². The predicted molar refractivity (Wildman–Crippen MR) is 85.1 cm³/mol. The van der Waals surface area contributed by atoms with E-state index in [-0.39, 0.29) is 17.4 Å². The Morgan fingerprint density at radius 1 is 1.10 bits per heavy atom. The van der Waals surface area contributed by atoms with Gasteiger partial charge in [0.25, 0.3) is 0 Å². The van der Waals surface area contributed by atoms with Gasteiger partial charge in [0.1, 0.15) is 5.75 Å². The van der Waals surface area contributed by atoms with Crippen LogP contribution in [0.4, 0.5) is 5.69 Å². The minimum atomic E-state index is -3.48. The lowest BCUT2D eigenvalue weighted by Gasteiger charge is -2.15. The van der Waals surface area contributed by atoms with E-state index in [1.165, 1.54) is 6.07 Å². The average Bonchev–Trinajstić information content (AvgIpc) is 2.44. The van der Waals surface area contributed by atoms with Crippen molar-refractivity contribution >= 4 is 15.7 Å². The highest BCUT2D eigenvalue weighted by atomic mass is 32.2. The number of phenols is 1. The number of rotatable bonds is 5. The SMILES string of the molecule is Cc1c(O)cccc1NS(=O)(=O)CC(C)c1ccccc1. The highest BCUT2D eigenvalue weighted by Crippen LogP contribution is 2.26. The lowest BCUT2D eigenvalue weighted by atomic mass is 10.0. The minimum Gasteiger partial charge on any atom is -0.508 e. The first kappa shape index (κ1) is 15.4. The number of aromatic hydroxyl groups is 1. The summed E-state index contributed by atoms with van der Waals surface area (Å²) in [5.74, 6) is -0.0424. The Labute approximate surface area is 125 Å². The van der Waals surface area contributed by atoms with Gasteiger partial charge in [0.2, 0.25) is 10.0 Å². The third-order valence-corrected chi connectivity index (χ3v) is 4.88. The Hall–Kier alpha value is -2.01. The van der Waals surface area contributed by atoms with E-state index < -0.39 is 10.0 Å². The van der Waals surface area contributed by atoms with Crippen molar-refractivity contribution in [2.24, 2.45) is 0 Å². The molecule has 1 unspecified atom stereocenters. The summed E-state index contributed by atoms with van der Waals surface area (Å²) >= 11 is 0. The molecule has 0 heterocycles. The molecular weight excluding hydrogens is 286 g/mol. The van der Waals surface area contributed by atoms with Crippen LogP contribution in [0, 0.1) is 6.92 Å². The third kappa shape index (κ3) is 3.98. The van der Waals surface area contributed by atoms with Gasteiger partial charge in [0.15, 0.2) is 0 Å². The molecule has 0 aliphatic heterocycles. The highest BCUT2D eigenvalue weighted by Gasteiger charge is 2.18. The number of phenolic OH excluding ortho intramolecular Hbond substituents is 1. The van der Waals surface area contributed by atoms with E-state index >= 15 is 0 Å². The van der Waals surface area contributed by atoms with Crippen LogP contribution in [0.2, 0.25) is 0 Å². The van der Waals surface area contributed by atoms with Crippen molar-refractivity contribution in [3.05, 3.63) is 59.7 Å². The summed E-state index contributed by atoms with van der Waals surface area (Å²) < 4.78 is 27.0. The molecule has 0 spiro atoms. The second-order valence-electron chi connectivity index (χ2n) is 5.14. The van der Waals surface area contributed by atoms with Gasteiger partial charge in [-0.1, -0.05) is 43.3 Å². The molecular formula is C16H19NO3S. The Morgan fingerprint density at radius 2 is 1.76 bits per heavy atom. The summed E-state index contributed by atoms with van der Waals surface area (Å²) in [6, 6.07) is 14.3. The molecule has 0 radical (unpaired) electrons. The van der Waals surface area contributed by atoms with Crippen LogP contribution >= 0.6 is 0 Å². The van der Waals surface area contributed by atoms with E-state index in [1.807, 2.05) is 37.3 Å².